The van der Waals surface area contributed by atoms with E-state index in [9.17, 15) is 0 Å². The Kier molecular flexibility index (Phi) is 4.32. The lowest BCUT2D eigenvalue weighted by Crippen LogP contribution is -2.15. The highest BCUT2D eigenvalue weighted by molar-refractivity contribution is 5.81. The largest absolute Gasteiger partial charge is 0.309 e. The Morgan fingerprint density at radius 2 is 2.00 bits per heavy atom. The summed E-state index contributed by atoms with van der Waals surface area (Å²) in [5.41, 5.74) is 1.23. The van der Waals surface area contributed by atoms with Crippen molar-refractivity contribution >= 4 is 5.71 Å². The van der Waals surface area contributed by atoms with E-state index in [1.165, 1.54) is 5.71 Å². The first-order valence-corrected chi connectivity index (χ1v) is 3.24. The van der Waals surface area contributed by atoms with Crippen LogP contribution in [-0.4, -0.2) is 38.3 Å². The van der Waals surface area contributed by atoms with Gasteiger partial charge >= 0.3 is 0 Å². The molecule has 0 saturated heterocycles. The summed E-state index contributed by atoms with van der Waals surface area (Å²) in [5, 5.41) is 0. The number of rotatable bonds is 3. The van der Waals surface area contributed by atoms with Crippen molar-refractivity contribution in [2.24, 2.45) is 4.99 Å². The number of hydrogen-bond donors (Lipinski definition) is 0. The van der Waals surface area contributed by atoms with E-state index in [1.807, 2.05) is 7.05 Å². The van der Waals surface area contributed by atoms with E-state index in [2.05, 4.69) is 30.9 Å². The van der Waals surface area contributed by atoms with Crippen molar-refractivity contribution in [3.05, 3.63) is 0 Å². The topological polar surface area (TPSA) is 15.6 Å². The lowest BCUT2D eigenvalue weighted by molar-refractivity contribution is 0.421. The van der Waals surface area contributed by atoms with Crippen LogP contribution in [0, 0.1) is 0 Å². The van der Waals surface area contributed by atoms with Crippen LogP contribution in [0.3, 0.4) is 0 Å². The van der Waals surface area contributed by atoms with E-state index in [4.69, 9.17) is 0 Å². The Morgan fingerprint density at radius 1 is 1.44 bits per heavy atom. The highest BCUT2D eigenvalue weighted by atomic mass is 15.0. The molecule has 0 aromatic carbocycles. The average molecular weight is 128 g/mol. The van der Waals surface area contributed by atoms with E-state index >= 15 is 0 Å². The summed E-state index contributed by atoms with van der Waals surface area (Å²) < 4.78 is 0. The van der Waals surface area contributed by atoms with Gasteiger partial charge in [0.25, 0.3) is 0 Å². The molecule has 0 spiro atoms. The summed E-state index contributed by atoms with van der Waals surface area (Å²) in [6.45, 7) is 3.16. The second kappa shape index (κ2) is 4.50. The zero-order valence-corrected chi connectivity index (χ0v) is 6.81. The molecule has 9 heavy (non-hydrogen) atoms. The molecule has 0 radical (unpaired) electrons. The van der Waals surface area contributed by atoms with Gasteiger partial charge in [-0.1, -0.05) is 0 Å². The van der Waals surface area contributed by atoms with Gasteiger partial charge in [-0.05, 0) is 27.4 Å². The summed E-state index contributed by atoms with van der Waals surface area (Å²) >= 11 is 0. The van der Waals surface area contributed by atoms with Crippen LogP contribution in [0.25, 0.3) is 0 Å². The molecule has 2 heteroatoms. The van der Waals surface area contributed by atoms with Gasteiger partial charge < -0.3 is 4.90 Å². The third-order valence-corrected chi connectivity index (χ3v) is 1.30. The van der Waals surface area contributed by atoms with Crippen LogP contribution in [0.5, 0.6) is 0 Å². The molecular weight excluding hydrogens is 112 g/mol. The van der Waals surface area contributed by atoms with Gasteiger partial charge in [0.15, 0.2) is 0 Å². The normalized spacial score (nSPS) is 12.8. The molecule has 0 amide bonds. The van der Waals surface area contributed by atoms with Crippen molar-refractivity contribution in [2.75, 3.05) is 27.7 Å². The Hall–Kier alpha value is -0.370. The Bertz CT molecular complexity index is 95.1. The van der Waals surface area contributed by atoms with Gasteiger partial charge in [0.05, 0.1) is 0 Å². The van der Waals surface area contributed by atoms with E-state index in [1.54, 1.807) is 0 Å². The van der Waals surface area contributed by atoms with Crippen molar-refractivity contribution in [2.45, 2.75) is 13.3 Å². The number of nitrogens with zero attached hydrogens (tertiary/aromatic N) is 2. The average Bonchev–Trinajstić information content (AvgIpc) is 1.83. The third kappa shape index (κ3) is 5.50. The predicted octanol–water partition coefficient (Wildman–Crippen LogP) is 1.03. The molecule has 0 saturated carbocycles. The zero-order valence-electron chi connectivity index (χ0n) is 6.81. The van der Waals surface area contributed by atoms with Gasteiger partial charge in [0, 0.05) is 19.3 Å². The molecule has 0 heterocycles. The summed E-state index contributed by atoms with van der Waals surface area (Å²) in [5.74, 6) is 0. The molecular formula is C7H16N2. The minimum absolute atomic E-state index is 1.09. The lowest BCUT2D eigenvalue weighted by Gasteiger charge is -2.07. The Labute approximate surface area is 57.6 Å². The maximum Gasteiger partial charge on any atom is 0.0276 e. The first-order valence-electron chi connectivity index (χ1n) is 3.24. The van der Waals surface area contributed by atoms with Crippen molar-refractivity contribution in [3.8, 4) is 0 Å². The summed E-state index contributed by atoms with van der Waals surface area (Å²) in [6.07, 6.45) is 1.09. The molecule has 0 aromatic heterocycles. The monoisotopic (exact) mass is 128 g/mol. The fourth-order valence-electron chi connectivity index (χ4n) is 0.497. The minimum atomic E-state index is 1.09. The van der Waals surface area contributed by atoms with Crippen LogP contribution in [0.2, 0.25) is 0 Å². The highest BCUT2D eigenvalue weighted by Gasteiger charge is 1.90. The van der Waals surface area contributed by atoms with Crippen LogP contribution >= 0.6 is 0 Å². The maximum absolute atomic E-state index is 4.05. The molecule has 0 rings (SSSR count). The molecule has 0 aromatic rings. The van der Waals surface area contributed by atoms with Gasteiger partial charge in [0.2, 0.25) is 0 Å². The van der Waals surface area contributed by atoms with Crippen LogP contribution in [0.15, 0.2) is 4.99 Å². The van der Waals surface area contributed by atoms with Gasteiger partial charge in [-0.3, -0.25) is 4.99 Å². The van der Waals surface area contributed by atoms with E-state index in [-0.39, 0.29) is 0 Å². The van der Waals surface area contributed by atoms with E-state index < -0.39 is 0 Å². The first-order chi connectivity index (χ1) is 4.16. The van der Waals surface area contributed by atoms with E-state index in [0.29, 0.717) is 0 Å². The van der Waals surface area contributed by atoms with Crippen molar-refractivity contribution in [3.63, 3.8) is 0 Å². The zero-order chi connectivity index (χ0) is 7.28. The fourth-order valence-corrected chi connectivity index (χ4v) is 0.497. The lowest BCUT2D eigenvalue weighted by atomic mass is 10.3. The molecule has 0 aliphatic heterocycles. The SMILES string of the molecule is CN=C(C)CCN(C)C. The van der Waals surface area contributed by atoms with Crippen LogP contribution in [0.4, 0.5) is 0 Å². The molecule has 0 atom stereocenters. The minimum Gasteiger partial charge on any atom is -0.309 e. The summed E-state index contributed by atoms with van der Waals surface area (Å²) in [6, 6.07) is 0. The van der Waals surface area contributed by atoms with Gasteiger partial charge in [0.1, 0.15) is 0 Å². The molecule has 54 valence electrons. The van der Waals surface area contributed by atoms with Gasteiger partial charge in [-0.25, -0.2) is 0 Å². The maximum atomic E-state index is 4.05. The Balaban J connectivity index is 3.28. The van der Waals surface area contributed by atoms with Crippen molar-refractivity contribution in [1.82, 2.24) is 4.90 Å². The second-order valence-corrected chi connectivity index (χ2v) is 2.51. The molecule has 0 bridgehead atoms. The van der Waals surface area contributed by atoms with Gasteiger partial charge in [-0.15, -0.1) is 0 Å². The van der Waals surface area contributed by atoms with Crippen LogP contribution in [-0.2, 0) is 0 Å². The number of aliphatic imine (C=N–C) groups is 1. The first kappa shape index (κ1) is 8.63. The number of hydrogen-bond acceptors (Lipinski definition) is 2. The van der Waals surface area contributed by atoms with E-state index in [0.717, 1.165) is 13.0 Å². The smallest absolute Gasteiger partial charge is 0.0276 e. The Morgan fingerprint density at radius 3 is 2.33 bits per heavy atom. The molecule has 0 N–H and O–H groups in total. The third-order valence-electron chi connectivity index (χ3n) is 1.30. The second-order valence-electron chi connectivity index (χ2n) is 2.51. The van der Waals surface area contributed by atoms with Gasteiger partial charge in [-0.2, -0.15) is 0 Å². The summed E-state index contributed by atoms with van der Waals surface area (Å²) in [4.78, 5) is 6.21. The molecule has 0 aliphatic carbocycles. The molecule has 0 unspecified atom stereocenters. The van der Waals surface area contributed by atoms with Crippen LogP contribution in [0.1, 0.15) is 13.3 Å². The fraction of sp³-hybridized carbons (Fsp3) is 0.857. The molecule has 2 nitrogen and oxygen atoms in total. The standard InChI is InChI=1S/C7H16N2/c1-7(8-2)5-6-9(3)4/h5-6H2,1-4H3. The predicted molar refractivity (Wildman–Crippen MR) is 42.2 cm³/mol. The molecule has 0 aliphatic rings. The van der Waals surface area contributed by atoms with Crippen molar-refractivity contribution in [1.29, 1.82) is 0 Å². The van der Waals surface area contributed by atoms with Crippen LogP contribution < -0.4 is 0 Å². The van der Waals surface area contributed by atoms with Crippen molar-refractivity contribution < 1.29 is 0 Å². The quantitative estimate of drug-likeness (QED) is 0.518. The highest BCUT2D eigenvalue weighted by Crippen LogP contribution is 1.86. The molecule has 0 fully saturated rings. The summed E-state index contributed by atoms with van der Waals surface area (Å²) in [7, 11) is 5.98.